The van der Waals surface area contributed by atoms with Crippen LogP contribution in [0.4, 0.5) is 0 Å². The Hall–Kier alpha value is -1.97. The minimum Gasteiger partial charge on any atom is -0.477 e. The van der Waals surface area contributed by atoms with Gasteiger partial charge in [0.2, 0.25) is 0 Å². The Labute approximate surface area is 93.6 Å². The molecular formula is C12H13NO3. The molecule has 1 N–H and O–H groups in total. The van der Waals surface area contributed by atoms with E-state index >= 15 is 0 Å². The zero-order valence-corrected chi connectivity index (χ0v) is 9.01. The predicted molar refractivity (Wildman–Crippen MR) is 61.1 cm³/mol. The van der Waals surface area contributed by atoms with E-state index in [1.54, 1.807) is 31.2 Å². The number of carbonyl (C=O) groups is 2. The van der Waals surface area contributed by atoms with Crippen LogP contribution in [0.2, 0.25) is 0 Å². The minimum atomic E-state index is -1.04. The summed E-state index contributed by atoms with van der Waals surface area (Å²) in [7, 11) is 0. The summed E-state index contributed by atoms with van der Waals surface area (Å²) in [6.45, 7) is 2.19. The Morgan fingerprint density at radius 3 is 2.69 bits per heavy atom. The molecule has 0 radical (unpaired) electrons. The maximum atomic E-state index is 10.9. The van der Waals surface area contributed by atoms with Crippen LogP contribution >= 0.6 is 0 Å². The van der Waals surface area contributed by atoms with Crippen molar-refractivity contribution >= 4 is 18.0 Å². The third-order valence-corrected chi connectivity index (χ3v) is 2.14. The lowest BCUT2D eigenvalue weighted by Crippen LogP contribution is -2.17. The van der Waals surface area contributed by atoms with Crippen LogP contribution in [0.1, 0.15) is 22.8 Å². The lowest BCUT2D eigenvalue weighted by atomic mass is 10.0. The quantitative estimate of drug-likeness (QED) is 0.604. The SMILES string of the molecule is CCN=C(Cc1ccccc1C=O)C(=O)O. The van der Waals surface area contributed by atoms with Crippen LogP contribution in [0, 0.1) is 0 Å². The molecule has 0 fully saturated rings. The first-order valence-electron chi connectivity index (χ1n) is 4.98. The number of rotatable bonds is 5. The second-order valence-corrected chi connectivity index (χ2v) is 3.22. The first-order valence-corrected chi connectivity index (χ1v) is 4.98. The van der Waals surface area contributed by atoms with Crippen molar-refractivity contribution in [2.24, 2.45) is 4.99 Å². The number of carbonyl (C=O) groups excluding carboxylic acids is 1. The topological polar surface area (TPSA) is 66.7 Å². The van der Waals surface area contributed by atoms with Crippen LogP contribution in [0.5, 0.6) is 0 Å². The highest BCUT2D eigenvalue weighted by Crippen LogP contribution is 2.08. The van der Waals surface area contributed by atoms with Crippen molar-refractivity contribution in [3.05, 3.63) is 35.4 Å². The summed E-state index contributed by atoms with van der Waals surface area (Å²) >= 11 is 0. The molecule has 1 rings (SSSR count). The van der Waals surface area contributed by atoms with E-state index in [1.165, 1.54) is 0 Å². The molecule has 0 amide bonds. The van der Waals surface area contributed by atoms with Crippen molar-refractivity contribution in [3.8, 4) is 0 Å². The maximum Gasteiger partial charge on any atom is 0.350 e. The van der Waals surface area contributed by atoms with E-state index in [4.69, 9.17) is 5.11 Å². The first kappa shape index (κ1) is 12.1. The number of aliphatic carboxylic acids is 1. The van der Waals surface area contributed by atoms with Gasteiger partial charge < -0.3 is 5.11 Å². The van der Waals surface area contributed by atoms with E-state index in [9.17, 15) is 9.59 Å². The summed E-state index contributed by atoms with van der Waals surface area (Å²) < 4.78 is 0. The highest BCUT2D eigenvalue weighted by Gasteiger charge is 2.11. The van der Waals surface area contributed by atoms with Crippen molar-refractivity contribution in [1.29, 1.82) is 0 Å². The first-order chi connectivity index (χ1) is 7.69. The number of nitrogens with zero attached hydrogens (tertiary/aromatic N) is 1. The average Bonchev–Trinajstić information content (AvgIpc) is 2.29. The van der Waals surface area contributed by atoms with E-state index < -0.39 is 5.97 Å². The molecule has 0 aliphatic heterocycles. The lowest BCUT2D eigenvalue weighted by Gasteiger charge is -2.04. The monoisotopic (exact) mass is 219 g/mol. The molecule has 0 aliphatic rings. The van der Waals surface area contributed by atoms with Gasteiger partial charge in [-0.1, -0.05) is 24.3 Å². The second-order valence-electron chi connectivity index (χ2n) is 3.22. The number of aliphatic imine (C=N–C) groups is 1. The molecule has 4 heteroatoms. The molecule has 1 aromatic carbocycles. The molecule has 0 unspecified atom stereocenters. The fourth-order valence-electron chi connectivity index (χ4n) is 1.38. The van der Waals surface area contributed by atoms with Crippen molar-refractivity contribution < 1.29 is 14.7 Å². The molecule has 0 saturated carbocycles. The minimum absolute atomic E-state index is 0.0804. The van der Waals surface area contributed by atoms with Gasteiger partial charge in [-0.3, -0.25) is 9.79 Å². The van der Waals surface area contributed by atoms with Crippen molar-refractivity contribution in [2.45, 2.75) is 13.3 Å². The molecule has 0 aliphatic carbocycles. The van der Waals surface area contributed by atoms with E-state index in [-0.39, 0.29) is 12.1 Å². The molecule has 0 heterocycles. The Kier molecular flexibility index (Phi) is 4.39. The van der Waals surface area contributed by atoms with E-state index in [0.29, 0.717) is 17.7 Å². The summed E-state index contributed by atoms with van der Waals surface area (Å²) in [5.41, 5.74) is 1.27. The fraction of sp³-hybridized carbons (Fsp3) is 0.250. The fourth-order valence-corrected chi connectivity index (χ4v) is 1.38. The van der Waals surface area contributed by atoms with Gasteiger partial charge in [0.05, 0.1) is 0 Å². The summed E-state index contributed by atoms with van der Waals surface area (Å²) in [5.74, 6) is -1.04. The van der Waals surface area contributed by atoms with E-state index in [0.717, 1.165) is 6.29 Å². The van der Waals surface area contributed by atoms with Crippen molar-refractivity contribution in [1.82, 2.24) is 0 Å². The number of hydrogen-bond donors (Lipinski definition) is 1. The molecule has 0 bridgehead atoms. The van der Waals surface area contributed by atoms with Gasteiger partial charge in [0.1, 0.15) is 12.0 Å². The summed E-state index contributed by atoms with van der Waals surface area (Å²) in [6.07, 6.45) is 0.902. The van der Waals surface area contributed by atoms with Crippen LogP contribution in [-0.2, 0) is 11.2 Å². The standard InChI is InChI=1S/C12H13NO3/c1-2-13-11(12(15)16)7-9-5-3-4-6-10(9)8-14/h3-6,8H,2,7H2,1H3,(H,15,16). The number of hydrogen-bond acceptors (Lipinski definition) is 3. The number of aldehydes is 1. The van der Waals surface area contributed by atoms with Gasteiger partial charge in [-0.05, 0) is 12.5 Å². The molecule has 4 nitrogen and oxygen atoms in total. The van der Waals surface area contributed by atoms with Crippen LogP contribution < -0.4 is 0 Å². The average molecular weight is 219 g/mol. The van der Waals surface area contributed by atoms with Gasteiger partial charge in [0.15, 0.2) is 0 Å². The summed E-state index contributed by atoms with van der Waals surface area (Å²) in [4.78, 5) is 25.5. The molecular weight excluding hydrogens is 206 g/mol. The predicted octanol–water partition coefficient (Wildman–Crippen LogP) is 1.59. The Balaban J connectivity index is 2.98. The molecule has 1 aromatic rings. The summed E-state index contributed by atoms with van der Waals surface area (Å²) in [5, 5.41) is 8.91. The van der Waals surface area contributed by atoms with E-state index in [1.807, 2.05) is 0 Å². The Morgan fingerprint density at radius 2 is 2.12 bits per heavy atom. The van der Waals surface area contributed by atoms with Gasteiger partial charge in [-0.2, -0.15) is 0 Å². The molecule has 0 aromatic heterocycles. The van der Waals surface area contributed by atoms with Gasteiger partial charge in [-0.15, -0.1) is 0 Å². The number of carboxylic acid groups (broad SMARTS) is 1. The van der Waals surface area contributed by atoms with Gasteiger partial charge in [-0.25, -0.2) is 4.79 Å². The second kappa shape index (κ2) is 5.80. The highest BCUT2D eigenvalue weighted by atomic mass is 16.4. The molecule has 0 spiro atoms. The van der Waals surface area contributed by atoms with Gasteiger partial charge >= 0.3 is 5.97 Å². The number of carboxylic acids is 1. The lowest BCUT2D eigenvalue weighted by molar-refractivity contribution is -0.129. The van der Waals surface area contributed by atoms with Crippen LogP contribution in [0.3, 0.4) is 0 Å². The third-order valence-electron chi connectivity index (χ3n) is 2.14. The van der Waals surface area contributed by atoms with Crippen LogP contribution in [-0.4, -0.2) is 29.6 Å². The zero-order valence-electron chi connectivity index (χ0n) is 9.01. The third kappa shape index (κ3) is 3.02. The smallest absolute Gasteiger partial charge is 0.350 e. The molecule has 84 valence electrons. The molecule has 0 saturated heterocycles. The van der Waals surface area contributed by atoms with Gasteiger partial charge in [0, 0.05) is 18.5 Å². The largest absolute Gasteiger partial charge is 0.477 e. The Bertz CT molecular complexity index is 424. The molecule has 16 heavy (non-hydrogen) atoms. The Morgan fingerprint density at radius 1 is 1.44 bits per heavy atom. The van der Waals surface area contributed by atoms with Crippen molar-refractivity contribution in [3.63, 3.8) is 0 Å². The van der Waals surface area contributed by atoms with E-state index in [2.05, 4.69) is 4.99 Å². The van der Waals surface area contributed by atoms with Crippen LogP contribution in [0.25, 0.3) is 0 Å². The maximum absolute atomic E-state index is 10.9. The van der Waals surface area contributed by atoms with Crippen LogP contribution in [0.15, 0.2) is 29.3 Å². The summed E-state index contributed by atoms with van der Waals surface area (Å²) in [6, 6.07) is 6.91. The normalized spacial score (nSPS) is 11.2. The highest BCUT2D eigenvalue weighted by molar-refractivity contribution is 6.36. The van der Waals surface area contributed by atoms with Gasteiger partial charge in [0.25, 0.3) is 0 Å². The molecule has 0 atom stereocenters. The zero-order chi connectivity index (χ0) is 12.0. The van der Waals surface area contributed by atoms with Crippen molar-refractivity contribution in [2.75, 3.05) is 6.54 Å². The number of benzene rings is 1.